The van der Waals surface area contributed by atoms with Crippen LogP contribution in [0.5, 0.6) is 23.0 Å². The highest BCUT2D eigenvalue weighted by Crippen LogP contribution is 2.30. The van der Waals surface area contributed by atoms with Crippen LogP contribution in [0.15, 0.2) is 76.4 Å². The lowest BCUT2D eigenvalue weighted by Gasteiger charge is -2.15. The van der Waals surface area contributed by atoms with Crippen LogP contribution < -0.4 is 25.2 Å². The molecule has 0 aliphatic rings. The second kappa shape index (κ2) is 15.8. The second-order valence-electron chi connectivity index (χ2n) is 8.55. The van der Waals surface area contributed by atoms with Crippen LogP contribution in [0.3, 0.4) is 0 Å². The molecule has 0 radical (unpaired) electrons. The number of anilines is 1. The van der Waals surface area contributed by atoms with Crippen molar-refractivity contribution in [1.29, 1.82) is 0 Å². The van der Waals surface area contributed by atoms with E-state index in [-0.39, 0.29) is 57.1 Å². The fourth-order valence-corrected chi connectivity index (χ4v) is 3.23. The highest BCUT2D eigenvalue weighted by Gasteiger charge is 2.13. The molecule has 0 saturated carbocycles. The summed E-state index contributed by atoms with van der Waals surface area (Å²) < 4.78 is 43.1. The van der Waals surface area contributed by atoms with E-state index in [9.17, 15) is 14.7 Å². The fraction of sp³-hybridized carbons (Fsp3) is 0.310. The van der Waals surface area contributed by atoms with Crippen LogP contribution in [-0.4, -0.2) is 57.6 Å². The van der Waals surface area contributed by atoms with E-state index in [1.54, 1.807) is 32.0 Å². The maximum Gasteiger partial charge on any atom is 0.339 e. The van der Waals surface area contributed by atoms with Gasteiger partial charge in [0.25, 0.3) is 5.91 Å². The number of aromatic hydroxyl groups is 1. The summed E-state index contributed by atoms with van der Waals surface area (Å²) in [5.74, 6) is 1.46. The molecular weight excluding hydrogens is 538 g/mol. The molecule has 0 spiro atoms. The number of ether oxygens (including phenoxy) is 7. The van der Waals surface area contributed by atoms with Crippen LogP contribution in [0.2, 0.25) is 0 Å². The van der Waals surface area contributed by atoms with Gasteiger partial charge in [-0.15, -0.1) is 0 Å². The van der Waals surface area contributed by atoms with E-state index in [1.165, 1.54) is 18.2 Å². The van der Waals surface area contributed by atoms with Crippen LogP contribution in [0.4, 0.5) is 5.69 Å². The number of amides is 1. The van der Waals surface area contributed by atoms with E-state index in [2.05, 4.69) is 18.5 Å². The Hall–Kier alpha value is -4.68. The van der Waals surface area contributed by atoms with Crippen LogP contribution in [-0.2, 0) is 23.7 Å². The number of nitrogens with one attached hydrogen (secondary N) is 1. The topological polar surface area (TPSA) is 144 Å². The number of benzene rings is 2. The zero-order chi connectivity index (χ0) is 29.6. The molecule has 1 heterocycles. The molecule has 12 heteroatoms. The molecule has 2 N–H and O–H groups in total. The molecule has 0 atom stereocenters. The van der Waals surface area contributed by atoms with Gasteiger partial charge in [0.2, 0.25) is 0 Å². The van der Waals surface area contributed by atoms with Crippen molar-refractivity contribution >= 4 is 22.6 Å². The van der Waals surface area contributed by atoms with Crippen molar-refractivity contribution in [3.63, 3.8) is 0 Å². The molecule has 220 valence electrons. The van der Waals surface area contributed by atoms with E-state index in [0.717, 1.165) is 6.07 Å². The summed E-state index contributed by atoms with van der Waals surface area (Å²) in [6, 6.07) is 10.3. The standard InChI is InChI=1S/C29H33NO11/c1-19(2)36-11-9-35-18-40-26-8-6-21(37-12-10-34-17-39-20(3)4)13-24(26)30-28(32)16-38-22-5-7-23-25(31)15-29(33)41-27(23)14-22/h5-8,13-15,31H,1,3,9-12,16-18H2,2,4H3,(H,30,32). The lowest BCUT2D eigenvalue weighted by Crippen LogP contribution is -2.21. The quantitative estimate of drug-likeness (QED) is 0.0975. The fourth-order valence-electron chi connectivity index (χ4n) is 3.23. The SMILES string of the molecule is C=C(C)OCCOCOc1ccc(OCCOCOC(=C)C)cc1NC(=O)COc1ccc2c(O)cc(=O)oc2c1. The van der Waals surface area contributed by atoms with Crippen molar-refractivity contribution in [1.82, 2.24) is 0 Å². The minimum absolute atomic E-state index is 0.0642. The molecule has 2 aromatic carbocycles. The van der Waals surface area contributed by atoms with Gasteiger partial charge in [0.15, 0.2) is 20.2 Å². The zero-order valence-electron chi connectivity index (χ0n) is 22.9. The van der Waals surface area contributed by atoms with Gasteiger partial charge in [-0.05, 0) is 38.1 Å². The Kier molecular flexibility index (Phi) is 11.9. The minimum Gasteiger partial charge on any atom is -0.507 e. The Morgan fingerprint density at radius 3 is 2.34 bits per heavy atom. The van der Waals surface area contributed by atoms with Gasteiger partial charge in [0, 0.05) is 12.1 Å². The summed E-state index contributed by atoms with van der Waals surface area (Å²) >= 11 is 0. The maximum absolute atomic E-state index is 12.7. The molecule has 0 bridgehead atoms. The lowest BCUT2D eigenvalue weighted by atomic mass is 10.2. The third-order valence-corrected chi connectivity index (χ3v) is 5.05. The molecule has 0 aliphatic carbocycles. The molecule has 1 amide bonds. The Morgan fingerprint density at radius 2 is 1.56 bits per heavy atom. The summed E-state index contributed by atoms with van der Waals surface area (Å²) in [5, 5.41) is 13.0. The average Bonchev–Trinajstić information content (AvgIpc) is 2.91. The third kappa shape index (κ3) is 10.8. The summed E-state index contributed by atoms with van der Waals surface area (Å²) in [4.78, 5) is 24.3. The highest BCUT2D eigenvalue weighted by atomic mass is 16.7. The molecule has 3 aromatic rings. The lowest BCUT2D eigenvalue weighted by molar-refractivity contribution is -0.118. The first kappa shape index (κ1) is 30.9. The van der Waals surface area contributed by atoms with Gasteiger partial charge in [-0.25, -0.2) is 4.79 Å². The zero-order valence-corrected chi connectivity index (χ0v) is 22.9. The predicted octanol–water partition coefficient (Wildman–Crippen LogP) is 4.32. The average molecular weight is 572 g/mol. The van der Waals surface area contributed by atoms with Gasteiger partial charge in [0.05, 0.1) is 41.9 Å². The number of rotatable bonds is 18. The number of hydrogen-bond donors (Lipinski definition) is 2. The monoisotopic (exact) mass is 571 g/mol. The van der Waals surface area contributed by atoms with E-state index in [0.29, 0.717) is 40.7 Å². The first-order valence-electron chi connectivity index (χ1n) is 12.5. The maximum atomic E-state index is 12.7. The minimum atomic E-state index is -0.710. The summed E-state index contributed by atoms with van der Waals surface area (Å²) in [6.45, 7) is 11.4. The van der Waals surface area contributed by atoms with E-state index in [4.69, 9.17) is 37.6 Å². The number of carbonyl (C=O) groups is 1. The Balaban J connectivity index is 1.60. The molecule has 12 nitrogen and oxygen atoms in total. The van der Waals surface area contributed by atoms with E-state index in [1.807, 2.05) is 0 Å². The van der Waals surface area contributed by atoms with Gasteiger partial charge in [-0.2, -0.15) is 0 Å². The van der Waals surface area contributed by atoms with Gasteiger partial charge in [0.1, 0.15) is 41.8 Å². The largest absolute Gasteiger partial charge is 0.507 e. The van der Waals surface area contributed by atoms with Crippen molar-refractivity contribution in [2.45, 2.75) is 13.8 Å². The van der Waals surface area contributed by atoms with Crippen molar-refractivity contribution in [3.05, 3.63) is 77.6 Å². The summed E-state index contributed by atoms with van der Waals surface area (Å²) in [6.07, 6.45) is 0. The molecule has 41 heavy (non-hydrogen) atoms. The van der Waals surface area contributed by atoms with Crippen LogP contribution in [0.1, 0.15) is 13.8 Å². The van der Waals surface area contributed by atoms with Crippen LogP contribution in [0.25, 0.3) is 11.0 Å². The van der Waals surface area contributed by atoms with Gasteiger partial charge in [-0.1, -0.05) is 13.2 Å². The molecule has 0 unspecified atom stereocenters. The van der Waals surface area contributed by atoms with Gasteiger partial charge < -0.3 is 48.0 Å². The van der Waals surface area contributed by atoms with E-state index >= 15 is 0 Å². The van der Waals surface area contributed by atoms with Crippen LogP contribution >= 0.6 is 0 Å². The van der Waals surface area contributed by atoms with Gasteiger partial charge in [-0.3, -0.25) is 4.79 Å². The summed E-state index contributed by atoms with van der Waals surface area (Å²) in [7, 11) is 0. The highest BCUT2D eigenvalue weighted by molar-refractivity contribution is 5.93. The Morgan fingerprint density at radius 1 is 0.854 bits per heavy atom. The smallest absolute Gasteiger partial charge is 0.339 e. The summed E-state index contributed by atoms with van der Waals surface area (Å²) in [5.41, 5.74) is -0.269. The number of carbonyl (C=O) groups excluding carboxylic acids is 1. The van der Waals surface area contributed by atoms with Crippen molar-refractivity contribution in [2.75, 3.05) is 51.9 Å². The third-order valence-electron chi connectivity index (χ3n) is 5.05. The number of hydrogen-bond acceptors (Lipinski definition) is 11. The van der Waals surface area contributed by atoms with Gasteiger partial charge >= 0.3 is 5.63 Å². The normalized spacial score (nSPS) is 10.6. The molecular formula is C29H33NO11. The molecule has 0 fully saturated rings. The number of fused-ring (bicyclic) bond motifs is 1. The van der Waals surface area contributed by atoms with Crippen molar-refractivity contribution in [3.8, 4) is 23.0 Å². The number of allylic oxidation sites excluding steroid dienone is 2. The second-order valence-corrected chi connectivity index (χ2v) is 8.55. The molecule has 0 saturated heterocycles. The Labute approximate surface area is 236 Å². The van der Waals surface area contributed by atoms with Crippen LogP contribution in [0, 0.1) is 0 Å². The first-order chi connectivity index (χ1) is 19.7. The molecule has 3 rings (SSSR count). The molecule has 1 aromatic heterocycles. The predicted molar refractivity (Wildman–Crippen MR) is 149 cm³/mol. The molecule has 0 aliphatic heterocycles. The Bertz CT molecular complexity index is 1400. The van der Waals surface area contributed by atoms with Crippen molar-refractivity contribution < 1.29 is 47.5 Å². The van der Waals surface area contributed by atoms with Crippen molar-refractivity contribution in [2.24, 2.45) is 0 Å². The van der Waals surface area contributed by atoms with E-state index < -0.39 is 11.5 Å². The first-order valence-corrected chi connectivity index (χ1v) is 12.5.